The topological polar surface area (TPSA) is 34.6 Å². The molecule has 0 amide bonds. The van der Waals surface area contributed by atoms with Crippen molar-refractivity contribution in [2.45, 2.75) is 24.7 Å². The molecule has 0 fully saturated rings. The van der Waals surface area contributed by atoms with Crippen LogP contribution in [0.5, 0.6) is 11.5 Å². The van der Waals surface area contributed by atoms with Gasteiger partial charge in [-0.2, -0.15) is 17.6 Å². The van der Waals surface area contributed by atoms with Gasteiger partial charge in [-0.25, -0.2) is 0 Å². The molecule has 0 unspecified atom stereocenters. The normalized spacial score (nSPS) is 11.1. The summed E-state index contributed by atoms with van der Waals surface area (Å²) in [7, 11) is 0. The van der Waals surface area contributed by atoms with E-state index in [1.807, 2.05) is 35.4 Å². The van der Waals surface area contributed by atoms with Crippen LogP contribution in [-0.4, -0.2) is 24.5 Å². The Balaban J connectivity index is 2.01. The molecular formula is C19H16F4N2O2S2. The number of anilines is 2. The second-order valence-corrected chi connectivity index (χ2v) is 7.49. The van der Waals surface area contributed by atoms with E-state index in [0.29, 0.717) is 12.2 Å². The molecular weight excluding hydrogens is 428 g/mol. The summed E-state index contributed by atoms with van der Waals surface area (Å²) in [5, 5.41) is 0. The van der Waals surface area contributed by atoms with Gasteiger partial charge in [0, 0.05) is 33.4 Å². The molecule has 0 N–H and O–H groups in total. The molecule has 2 aromatic carbocycles. The molecule has 0 aliphatic carbocycles. The fourth-order valence-corrected chi connectivity index (χ4v) is 3.61. The number of rotatable bonds is 9. The van der Waals surface area contributed by atoms with E-state index in [2.05, 4.69) is 14.5 Å². The van der Waals surface area contributed by atoms with Gasteiger partial charge in [-0.1, -0.05) is 0 Å². The molecule has 0 saturated carbocycles. The van der Waals surface area contributed by atoms with Crippen LogP contribution in [-0.2, 0) is 6.54 Å². The monoisotopic (exact) mass is 444 g/mol. The van der Waals surface area contributed by atoms with Gasteiger partial charge in [0.1, 0.15) is 0 Å². The van der Waals surface area contributed by atoms with E-state index in [-0.39, 0.29) is 0 Å². The summed E-state index contributed by atoms with van der Waals surface area (Å²) in [5.74, 6) is -0.924. The van der Waals surface area contributed by atoms with Crippen LogP contribution in [0.25, 0.3) is 0 Å². The number of hydrogen-bond donors (Lipinski definition) is 0. The minimum absolute atomic E-state index is 0.409. The highest BCUT2D eigenvalue weighted by Crippen LogP contribution is 2.38. The Labute approximate surface area is 173 Å². The second kappa shape index (κ2) is 9.84. The summed E-state index contributed by atoms with van der Waals surface area (Å²) in [6, 6.07) is 11.6. The van der Waals surface area contributed by atoms with Crippen LogP contribution in [0.1, 0.15) is 4.88 Å². The van der Waals surface area contributed by atoms with Gasteiger partial charge in [0.2, 0.25) is 0 Å². The van der Waals surface area contributed by atoms with E-state index in [0.717, 1.165) is 15.5 Å². The van der Waals surface area contributed by atoms with E-state index in [1.54, 1.807) is 23.5 Å². The first-order valence-electron chi connectivity index (χ1n) is 8.29. The van der Waals surface area contributed by atoms with Gasteiger partial charge in [0.15, 0.2) is 11.5 Å². The minimum atomic E-state index is -3.18. The number of hydrogen-bond acceptors (Lipinski definition) is 6. The maximum absolute atomic E-state index is 12.8. The summed E-state index contributed by atoms with van der Waals surface area (Å²) in [6.45, 7) is -5.93. The van der Waals surface area contributed by atoms with Gasteiger partial charge in [-0.15, -0.1) is 23.1 Å². The van der Waals surface area contributed by atoms with Crippen LogP contribution in [0.3, 0.4) is 0 Å². The maximum atomic E-state index is 12.8. The van der Waals surface area contributed by atoms with Gasteiger partial charge in [0.25, 0.3) is 0 Å². The van der Waals surface area contributed by atoms with Crippen molar-refractivity contribution in [3.63, 3.8) is 0 Å². The predicted octanol–water partition coefficient (Wildman–Crippen LogP) is 6.41. The molecule has 0 saturated heterocycles. The maximum Gasteiger partial charge on any atom is 0.387 e. The van der Waals surface area contributed by atoms with Crippen molar-refractivity contribution in [2.75, 3.05) is 11.2 Å². The minimum Gasteiger partial charge on any atom is -0.431 e. The number of thiazole rings is 1. The van der Waals surface area contributed by atoms with Gasteiger partial charge >= 0.3 is 13.2 Å². The standard InChI is InChI=1S/C19H16F4N2O2S2/c1-28-14-5-2-12(3-6-14)25(10-15-9-24-11-29-15)13-4-7-16(26-18(20)21)17(8-13)27-19(22)23/h2-9,11,18-19H,10H2,1H3. The molecule has 1 aromatic heterocycles. The largest absolute Gasteiger partial charge is 0.431 e. The van der Waals surface area contributed by atoms with Gasteiger partial charge < -0.3 is 14.4 Å². The van der Waals surface area contributed by atoms with Crippen LogP contribution in [0.2, 0.25) is 0 Å². The van der Waals surface area contributed by atoms with Crippen LogP contribution in [0.15, 0.2) is 59.1 Å². The SMILES string of the molecule is CSc1ccc(N(Cc2cncs2)c2ccc(OC(F)F)c(OC(F)F)c2)cc1. The summed E-state index contributed by atoms with van der Waals surface area (Å²) in [6.07, 6.45) is 3.67. The van der Waals surface area contributed by atoms with Crippen molar-refractivity contribution in [1.29, 1.82) is 0 Å². The fourth-order valence-electron chi connectivity index (χ4n) is 2.62. The molecule has 3 aromatic rings. The smallest absolute Gasteiger partial charge is 0.387 e. The summed E-state index contributed by atoms with van der Waals surface area (Å²) >= 11 is 3.03. The molecule has 0 aliphatic heterocycles. The van der Waals surface area contributed by atoms with Gasteiger partial charge in [0.05, 0.1) is 12.1 Å². The van der Waals surface area contributed by atoms with Crippen LogP contribution >= 0.6 is 23.1 Å². The number of nitrogens with zero attached hydrogens (tertiary/aromatic N) is 2. The van der Waals surface area contributed by atoms with Crippen molar-refractivity contribution in [2.24, 2.45) is 0 Å². The predicted molar refractivity (Wildman–Crippen MR) is 106 cm³/mol. The van der Waals surface area contributed by atoms with Crippen LogP contribution in [0, 0.1) is 0 Å². The number of ether oxygens (including phenoxy) is 2. The van der Waals surface area contributed by atoms with Crippen LogP contribution < -0.4 is 14.4 Å². The first kappa shape index (κ1) is 21.3. The number of thioether (sulfide) groups is 1. The lowest BCUT2D eigenvalue weighted by molar-refractivity contribution is -0.0692. The zero-order chi connectivity index (χ0) is 20.8. The lowest BCUT2D eigenvalue weighted by atomic mass is 10.2. The number of halogens is 4. The highest BCUT2D eigenvalue weighted by Gasteiger charge is 2.19. The Hall–Kier alpha value is -2.46. The molecule has 0 atom stereocenters. The zero-order valence-corrected chi connectivity index (χ0v) is 16.7. The molecule has 0 radical (unpaired) electrons. The molecule has 3 rings (SSSR count). The molecule has 10 heteroatoms. The Morgan fingerprint density at radius 3 is 2.21 bits per heavy atom. The fraction of sp³-hybridized carbons (Fsp3) is 0.211. The molecule has 0 aliphatic rings. The third kappa shape index (κ3) is 5.77. The lowest BCUT2D eigenvalue weighted by Gasteiger charge is -2.25. The van der Waals surface area contributed by atoms with E-state index in [4.69, 9.17) is 0 Å². The molecule has 0 bridgehead atoms. The van der Waals surface area contributed by atoms with Crippen molar-refractivity contribution in [3.05, 3.63) is 59.0 Å². The Bertz CT molecular complexity index is 909. The highest BCUT2D eigenvalue weighted by atomic mass is 32.2. The highest BCUT2D eigenvalue weighted by molar-refractivity contribution is 7.98. The van der Waals surface area contributed by atoms with Crippen molar-refractivity contribution in [1.82, 2.24) is 4.98 Å². The van der Waals surface area contributed by atoms with E-state index in [9.17, 15) is 17.6 Å². The Morgan fingerprint density at radius 1 is 0.966 bits per heavy atom. The lowest BCUT2D eigenvalue weighted by Crippen LogP contribution is -2.16. The zero-order valence-electron chi connectivity index (χ0n) is 15.1. The first-order chi connectivity index (χ1) is 14.0. The Kier molecular flexibility index (Phi) is 7.21. The quantitative estimate of drug-likeness (QED) is 0.282. The number of alkyl halides is 4. The van der Waals surface area contributed by atoms with Gasteiger partial charge in [-0.3, -0.25) is 4.98 Å². The second-order valence-electron chi connectivity index (χ2n) is 5.64. The average molecular weight is 444 g/mol. The first-order valence-corrected chi connectivity index (χ1v) is 10.4. The van der Waals surface area contributed by atoms with Crippen molar-refractivity contribution in [3.8, 4) is 11.5 Å². The molecule has 1 heterocycles. The van der Waals surface area contributed by atoms with Crippen LogP contribution in [0.4, 0.5) is 28.9 Å². The third-order valence-corrected chi connectivity index (χ3v) is 5.36. The van der Waals surface area contributed by atoms with E-state index >= 15 is 0 Å². The summed E-state index contributed by atoms with van der Waals surface area (Å²) < 4.78 is 59.5. The molecule has 0 spiro atoms. The number of benzene rings is 2. The number of aromatic nitrogens is 1. The third-order valence-electron chi connectivity index (χ3n) is 3.85. The van der Waals surface area contributed by atoms with Gasteiger partial charge in [-0.05, 0) is 42.7 Å². The molecule has 4 nitrogen and oxygen atoms in total. The molecule has 29 heavy (non-hydrogen) atoms. The van der Waals surface area contributed by atoms with Crippen molar-refractivity contribution >= 4 is 34.5 Å². The molecule has 154 valence electrons. The van der Waals surface area contributed by atoms with E-state index in [1.165, 1.54) is 29.5 Å². The summed E-state index contributed by atoms with van der Waals surface area (Å²) in [5.41, 5.74) is 2.96. The van der Waals surface area contributed by atoms with E-state index < -0.39 is 24.7 Å². The van der Waals surface area contributed by atoms with Crippen molar-refractivity contribution < 1.29 is 27.0 Å². The summed E-state index contributed by atoms with van der Waals surface area (Å²) in [4.78, 5) is 7.90. The Morgan fingerprint density at radius 2 is 1.62 bits per heavy atom. The average Bonchev–Trinajstić information content (AvgIpc) is 3.20.